The maximum Gasteiger partial charge on any atom is 0.248 e. The first-order valence-corrected chi connectivity index (χ1v) is 11.5. The summed E-state index contributed by atoms with van der Waals surface area (Å²) in [6.45, 7) is 0. The molecular weight excluding hydrogens is 488 g/mol. The first-order chi connectivity index (χ1) is 18.4. The molecule has 0 saturated heterocycles. The van der Waals surface area contributed by atoms with E-state index in [0.29, 0.717) is 51.4 Å². The van der Waals surface area contributed by atoms with Gasteiger partial charge in [0.25, 0.3) is 0 Å². The fourth-order valence-corrected chi connectivity index (χ4v) is 3.78. The molecule has 0 unspecified atom stereocenters. The van der Waals surface area contributed by atoms with Crippen molar-refractivity contribution in [2.45, 2.75) is 0 Å². The van der Waals surface area contributed by atoms with E-state index in [4.69, 9.17) is 34.2 Å². The Labute approximate surface area is 222 Å². The summed E-state index contributed by atoms with van der Waals surface area (Å²) < 4.78 is 32.2. The monoisotopic (exact) mass is 520 g/mol. The minimum atomic E-state index is -0.345. The van der Waals surface area contributed by atoms with Crippen molar-refractivity contribution in [2.24, 2.45) is 0 Å². The number of hydrogen-bond acceptors (Lipinski definition) is 8. The zero-order valence-electron chi connectivity index (χ0n) is 22.3. The number of carbonyl (C=O) groups is 1. The lowest BCUT2D eigenvalue weighted by Crippen LogP contribution is -2.09. The maximum atomic E-state index is 12.7. The smallest absolute Gasteiger partial charge is 0.248 e. The predicted octanol–water partition coefficient (Wildman–Crippen LogP) is 5.14. The molecular formula is C29H32N2O7. The molecule has 3 aromatic carbocycles. The van der Waals surface area contributed by atoms with Crippen molar-refractivity contribution in [3.63, 3.8) is 0 Å². The number of nitrogens with two attached hydrogens (primary N) is 1. The molecule has 3 N–H and O–H groups in total. The maximum absolute atomic E-state index is 12.7. The number of anilines is 2. The van der Waals surface area contributed by atoms with Crippen LogP contribution in [-0.2, 0) is 4.79 Å². The summed E-state index contributed by atoms with van der Waals surface area (Å²) in [5.41, 5.74) is 9.31. The van der Waals surface area contributed by atoms with Crippen LogP contribution >= 0.6 is 0 Å². The highest BCUT2D eigenvalue weighted by Crippen LogP contribution is 2.39. The van der Waals surface area contributed by atoms with Gasteiger partial charge < -0.3 is 39.5 Å². The number of rotatable bonds is 11. The third-order valence-electron chi connectivity index (χ3n) is 5.59. The highest BCUT2D eigenvalue weighted by Gasteiger charge is 2.13. The van der Waals surface area contributed by atoms with Crippen molar-refractivity contribution in [1.82, 2.24) is 0 Å². The van der Waals surface area contributed by atoms with Crippen molar-refractivity contribution in [3.05, 3.63) is 65.2 Å². The molecule has 0 aliphatic rings. The van der Waals surface area contributed by atoms with Gasteiger partial charge >= 0.3 is 0 Å². The van der Waals surface area contributed by atoms with E-state index in [-0.39, 0.29) is 5.91 Å². The van der Waals surface area contributed by atoms with Crippen LogP contribution in [0.5, 0.6) is 34.5 Å². The van der Waals surface area contributed by atoms with Gasteiger partial charge in [0.2, 0.25) is 11.7 Å². The number of carbonyl (C=O) groups excluding carboxylic acids is 1. The van der Waals surface area contributed by atoms with E-state index in [1.54, 1.807) is 52.7 Å². The average Bonchev–Trinajstić information content (AvgIpc) is 2.93. The number of ether oxygens (including phenoxy) is 6. The topological polar surface area (TPSA) is 111 Å². The molecule has 0 spiro atoms. The van der Waals surface area contributed by atoms with Gasteiger partial charge in [-0.3, -0.25) is 4.79 Å². The first kappa shape index (κ1) is 27.8. The molecule has 9 nitrogen and oxygen atoms in total. The van der Waals surface area contributed by atoms with Crippen LogP contribution in [-0.4, -0.2) is 48.6 Å². The van der Waals surface area contributed by atoms with Crippen LogP contribution in [0, 0.1) is 0 Å². The minimum Gasteiger partial charge on any atom is -0.495 e. The van der Waals surface area contributed by atoms with Crippen molar-refractivity contribution >= 4 is 35.5 Å². The predicted molar refractivity (Wildman–Crippen MR) is 150 cm³/mol. The van der Waals surface area contributed by atoms with Gasteiger partial charge in [-0.1, -0.05) is 18.2 Å². The zero-order valence-corrected chi connectivity index (χ0v) is 22.3. The molecule has 0 fully saturated rings. The molecule has 0 heterocycles. The van der Waals surface area contributed by atoms with Crippen LogP contribution < -0.4 is 39.5 Å². The SMILES string of the molecule is COc1ccc(/C=C/c2cc(OC)c(OC)c(OC)c2)cc1NC(=O)/C=C/c1cc(N)c(OC)c(OC)c1. The summed E-state index contributed by atoms with van der Waals surface area (Å²) in [4.78, 5) is 12.7. The molecule has 0 bridgehead atoms. The first-order valence-electron chi connectivity index (χ1n) is 11.5. The quantitative estimate of drug-likeness (QED) is 0.203. The van der Waals surface area contributed by atoms with Crippen LogP contribution in [0.3, 0.4) is 0 Å². The summed E-state index contributed by atoms with van der Waals surface area (Å²) in [6, 6.07) is 12.6. The van der Waals surface area contributed by atoms with Crippen LogP contribution in [0.15, 0.2) is 48.5 Å². The number of nitrogen functional groups attached to an aromatic ring is 1. The Kier molecular flexibility index (Phi) is 9.48. The average molecular weight is 521 g/mol. The van der Waals surface area contributed by atoms with E-state index in [1.807, 2.05) is 36.4 Å². The number of methoxy groups -OCH3 is 6. The summed E-state index contributed by atoms with van der Waals surface area (Å²) in [7, 11) is 9.26. The van der Waals surface area contributed by atoms with Crippen LogP contribution in [0.25, 0.3) is 18.2 Å². The van der Waals surface area contributed by atoms with E-state index < -0.39 is 0 Å². The molecule has 0 radical (unpaired) electrons. The Bertz CT molecular complexity index is 1320. The zero-order chi connectivity index (χ0) is 27.7. The molecule has 0 aliphatic carbocycles. The van der Waals surface area contributed by atoms with Crippen molar-refractivity contribution in [3.8, 4) is 34.5 Å². The second kappa shape index (κ2) is 13.0. The van der Waals surface area contributed by atoms with Crippen LogP contribution in [0.1, 0.15) is 16.7 Å². The van der Waals surface area contributed by atoms with Crippen molar-refractivity contribution < 1.29 is 33.2 Å². The van der Waals surface area contributed by atoms with Gasteiger partial charge in [-0.05, 0) is 59.2 Å². The Hall–Kier alpha value is -4.79. The normalized spacial score (nSPS) is 10.9. The standard InChI is InChI=1S/C29H32N2O7/c1-33-23-11-9-18(7-8-20-16-25(35-3)29(38-6)26(17-20)36-4)14-22(23)31-27(32)12-10-19-13-21(30)28(37-5)24(15-19)34-2/h7-17H,30H2,1-6H3,(H,31,32)/b8-7+,12-10+. The summed E-state index contributed by atoms with van der Waals surface area (Å²) >= 11 is 0. The highest BCUT2D eigenvalue weighted by molar-refractivity contribution is 6.03. The van der Waals surface area contributed by atoms with Gasteiger partial charge in [-0.15, -0.1) is 0 Å². The summed E-state index contributed by atoms with van der Waals surface area (Å²) in [5, 5.41) is 2.86. The fraction of sp³-hybridized carbons (Fsp3) is 0.207. The van der Waals surface area contributed by atoms with E-state index >= 15 is 0 Å². The fourth-order valence-electron chi connectivity index (χ4n) is 3.78. The Balaban J connectivity index is 1.82. The number of hydrogen-bond donors (Lipinski definition) is 2. The molecule has 0 saturated carbocycles. The lowest BCUT2D eigenvalue weighted by Gasteiger charge is -2.13. The lowest BCUT2D eigenvalue weighted by atomic mass is 10.1. The van der Waals surface area contributed by atoms with E-state index in [1.165, 1.54) is 20.3 Å². The number of benzene rings is 3. The minimum absolute atomic E-state index is 0.345. The van der Waals surface area contributed by atoms with Gasteiger partial charge in [-0.25, -0.2) is 0 Å². The molecule has 9 heteroatoms. The molecule has 38 heavy (non-hydrogen) atoms. The summed E-state index contributed by atoms with van der Waals surface area (Å²) in [5.74, 6) is 2.71. The van der Waals surface area contributed by atoms with Crippen molar-refractivity contribution in [1.29, 1.82) is 0 Å². The lowest BCUT2D eigenvalue weighted by molar-refractivity contribution is -0.111. The molecule has 200 valence electrons. The van der Waals surface area contributed by atoms with Gasteiger partial charge in [-0.2, -0.15) is 0 Å². The number of amides is 1. The van der Waals surface area contributed by atoms with E-state index in [0.717, 1.165) is 11.1 Å². The van der Waals surface area contributed by atoms with Gasteiger partial charge in [0.05, 0.1) is 54.0 Å². The Morgan fingerprint density at radius 3 is 1.71 bits per heavy atom. The highest BCUT2D eigenvalue weighted by atomic mass is 16.5. The van der Waals surface area contributed by atoms with Crippen LogP contribution in [0.4, 0.5) is 11.4 Å². The number of nitrogens with one attached hydrogen (secondary N) is 1. The Morgan fingerprint density at radius 1 is 0.632 bits per heavy atom. The van der Waals surface area contributed by atoms with Gasteiger partial charge in [0.15, 0.2) is 23.0 Å². The van der Waals surface area contributed by atoms with E-state index in [9.17, 15) is 4.79 Å². The van der Waals surface area contributed by atoms with Gasteiger partial charge in [0.1, 0.15) is 5.75 Å². The molecule has 0 atom stereocenters. The van der Waals surface area contributed by atoms with E-state index in [2.05, 4.69) is 5.32 Å². The third-order valence-corrected chi connectivity index (χ3v) is 5.59. The molecule has 1 amide bonds. The molecule has 3 aromatic rings. The summed E-state index contributed by atoms with van der Waals surface area (Å²) in [6.07, 6.45) is 6.84. The molecule has 3 rings (SSSR count). The molecule has 0 aliphatic heterocycles. The largest absolute Gasteiger partial charge is 0.495 e. The Morgan fingerprint density at radius 2 is 1.16 bits per heavy atom. The van der Waals surface area contributed by atoms with Gasteiger partial charge in [0, 0.05) is 6.08 Å². The second-order valence-corrected chi connectivity index (χ2v) is 7.92. The molecule has 0 aromatic heterocycles. The second-order valence-electron chi connectivity index (χ2n) is 7.92. The van der Waals surface area contributed by atoms with Crippen molar-refractivity contribution in [2.75, 3.05) is 53.7 Å². The van der Waals surface area contributed by atoms with Crippen LogP contribution in [0.2, 0.25) is 0 Å². The third kappa shape index (κ3) is 6.50.